The molecule has 5 rings (SSSR count). The lowest BCUT2D eigenvalue weighted by molar-refractivity contribution is -0.137. The predicted molar refractivity (Wildman–Crippen MR) is 125 cm³/mol. The summed E-state index contributed by atoms with van der Waals surface area (Å²) in [5, 5.41) is 0. The topological polar surface area (TPSA) is 63.7 Å². The van der Waals surface area contributed by atoms with Gasteiger partial charge in [0.1, 0.15) is 17.1 Å². The molecule has 5 nitrogen and oxygen atoms in total. The molecular weight excluding hydrogens is 479 g/mol. The number of rotatable bonds is 4. The molecule has 35 heavy (non-hydrogen) atoms. The normalized spacial score (nSPS) is 22.1. The highest BCUT2D eigenvalue weighted by Gasteiger charge is 2.67. The highest BCUT2D eigenvalue weighted by molar-refractivity contribution is 7.92. The zero-order valence-electron chi connectivity index (χ0n) is 19.9. The Kier molecular flexibility index (Phi) is 5.16. The van der Waals surface area contributed by atoms with Gasteiger partial charge in [0.25, 0.3) is 0 Å². The molecule has 1 amide bonds. The summed E-state index contributed by atoms with van der Waals surface area (Å²) in [5.74, 6) is 0.376. The SMILES string of the molecule is CCN1C(=O)C(C)(C)COc2cc(C3(S(=O)(=O)c4ccc(C(F)(F)F)cc4)CC4(CC4)C3)ccc21. The Bertz CT molecular complexity index is 1290. The van der Waals surface area contributed by atoms with Crippen molar-refractivity contribution in [1.29, 1.82) is 0 Å². The fourth-order valence-corrected chi connectivity index (χ4v) is 7.91. The first-order valence-corrected chi connectivity index (χ1v) is 13.2. The second-order valence-corrected chi connectivity index (χ2v) is 13.0. The van der Waals surface area contributed by atoms with Crippen LogP contribution in [-0.4, -0.2) is 27.5 Å². The monoisotopic (exact) mass is 507 g/mol. The molecule has 1 heterocycles. The van der Waals surface area contributed by atoms with Gasteiger partial charge >= 0.3 is 6.18 Å². The first-order chi connectivity index (χ1) is 16.2. The van der Waals surface area contributed by atoms with Crippen molar-refractivity contribution in [2.75, 3.05) is 18.1 Å². The van der Waals surface area contributed by atoms with Crippen LogP contribution in [0.2, 0.25) is 0 Å². The molecule has 3 aliphatic rings. The van der Waals surface area contributed by atoms with Crippen LogP contribution in [0, 0.1) is 10.8 Å². The van der Waals surface area contributed by atoms with E-state index in [1.807, 2.05) is 20.8 Å². The lowest BCUT2D eigenvalue weighted by Gasteiger charge is -2.48. The number of alkyl halides is 3. The Morgan fingerprint density at radius 3 is 2.20 bits per heavy atom. The molecule has 2 fully saturated rings. The number of fused-ring (bicyclic) bond motifs is 1. The summed E-state index contributed by atoms with van der Waals surface area (Å²) in [6, 6.07) is 8.92. The lowest BCUT2D eigenvalue weighted by Crippen LogP contribution is -2.49. The van der Waals surface area contributed by atoms with Crippen molar-refractivity contribution in [1.82, 2.24) is 0 Å². The standard InChI is InChI=1S/C26H28F3NO4S/c1-4-30-20-10-7-18(13-21(20)34-16-23(2,3)22(30)31)25(14-24(15-25)11-12-24)35(32,33)19-8-5-17(6-9-19)26(27,28)29/h5-10,13H,4,11-12,14-16H2,1-3H3. The molecular formula is C26H28F3NO4S. The first-order valence-electron chi connectivity index (χ1n) is 11.8. The number of hydrogen-bond acceptors (Lipinski definition) is 4. The number of anilines is 1. The summed E-state index contributed by atoms with van der Waals surface area (Å²) in [5.41, 5.74) is -0.497. The third kappa shape index (κ3) is 3.65. The molecule has 2 aromatic carbocycles. The molecule has 0 atom stereocenters. The van der Waals surface area contributed by atoms with Crippen molar-refractivity contribution in [3.63, 3.8) is 0 Å². The Labute approximate surface area is 203 Å². The Hall–Kier alpha value is -2.55. The summed E-state index contributed by atoms with van der Waals surface area (Å²) in [6.45, 7) is 6.09. The molecule has 2 aliphatic carbocycles. The number of nitrogens with zero attached hydrogens (tertiary/aromatic N) is 1. The van der Waals surface area contributed by atoms with E-state index < -0.39 is 31.7 Å². The van der Waals surface area contributed by atoms with E-state index in [1.165, 1.54) is 0 Å². The largest absolute Gasteiger partial charge is 0.490 e. The van der Waals surface area contributed by atoms with Gasteiger partial charge in [-0.05, 0) is 93.8 Å². The number of sulfone groups is 1. The zero-order chi connectivity index (χ0) is 25.4. The summed E-state index contributed by atoms with van der Waals surface area (Å²) in [6.07, 6.45) is -1.80. The van der Waals surface area contributed by atoms with Gasteiger partial charge in [0.2, 0.25) is 5.91 Å². The van der Waals surface area contributed by atoms with Crippen LogP contribution < -0.4 is 9.64 Å². The van der Waals surface area contributed by atoms with Gasteiger partial charge in [-0.15, -0.1) is 0 Å². The van der Waals surface area contributed by atoms with Crippen LogP contribution in [0.3, 0.4) is 0 Å². The van der Waals surface area contributed by atoms with Crippen LogP contribution in [0.25, 0.3) is 0 Å². The number of carbonyl (C=O) groups excluding carboxylic acids is 1. The molecule has 2 aromatic rings. The van der Waals surface area contributed by atoms with Crippen LogP contribution in [0.5, 0.6) is 5.75 Å². The van der Waals surface area contributed by atoms with Crippen LogP contribution in [-0.2, 0) is 25.6 Å². The van der Waals surface area contributed by atoms with E-state index in [-0.39, 0.29) is 22.8 Å². The van der Waals surface area contributed by atoms with Gasteiger partial charge in [-0.25, -0.2) is 8.42 Å². The van der Waals surface area contributed by atoms with Crippen molar-refractivity contribution >= 4 is 21.4 Å². The van der Waals surface area contributed by atoms with Crippen LogP contribution in [0.1, 0.15) is 57.6 Å². The van der Waals surface area contributed by atoms with Gasteiger partial charge in [-0.1, -0.05) is 6.07 Å². The number of halogens is 3. The fraction of sp³-hybridized carbons (Fsp3) is 0.500. The van der Waals surface area contributed by atoms with Crippen LogP contribution in [0.15, 0.2) is 47.4 Å². The van der Waals surface area contributed by atoms with E-state index >= 15 is 0 Å². The maximum Gasteiger partial charge on any atom is 0.416 e. The number of benzene rings is 2. The van der Waals surface area contributed by atoms with Crippen molar-refractivity contribution in [2.45, 2.75) is 62.3 Å². The molecule has 0 radical (unpaired) electrons. The highest BCUT2D eigenvalue weighted by atomic mass is 32.2. The van der Waals surface area contributed by atoms with Crippen LogP contribution in [0.4, 0.5) is 18.9 Å². The molecule has 0 unspecified atom stereocenters. The summed E-state index contributed by atoms with van der Waals surface area (Å²) in [7, 11) is -4.00. The predicted octanol–water partition coefficient (Wildman–Crippen LogP) is 5.72. The highest BCUT2D eigenvalue weighted by Crippen LogP contribution is 2.71. The van der Waals surface area contributed by atoms with Gasteiger partial charge in [0, 0.05) is 6.54 Å². The van der Waals surface area contributed by atoms with E-state index in [0.717, 1.165) is 37.1 Å². The van der Waals surface area contributed by atoms with Gasteiger partial charge < -0.3 is 9.64 Å². The van der Waals surface area contributed by atoms with Crippen molar-refractivity contribution < 1.29 is 31.1 Å². The maximum absolute atomic E-state index is 13.9. The smallest absolute Gasteiger partial charge is 0.416 e. The summed E-state index contributed by atoms with van der Waals surface area (Å²) >= 11 is 0. The second kappa shape index (κ2) is 7.48. The van der Waals surface area contributed by atoms with Gasteiger partial charge in [-0.2, -0.15) is 13.2 Å². The fourth-order valence-electron chi connectivity index (χ4n) is 5.53. The van der Waals surface area contributed by atoms with Gasteiger partial charge in [0.05, 0.1) is 21.6 Å². The third-order valence-corrected chi connectivity index (χ3v) is 10.2. The van der Waals surface area contributed by atoms with Crippen molar-refractivity contribution in [2.24, 2.45) is 10.8 Å². The Morgan fingerprint density at radius 2 is 1.66 bits per heavy atom. The average molecular weight is 508 g/mol. The minimum Gasteiger partial charge on any atom is -0.490 e. The third-order valence-electron chi connectivity index (χ3n) is 7.79. The first kappa shape index (κ1) is 24.2. The van der Waals surface area contributed by atoms with Gasteiger partial charge in [-0.3, -0.25) is 4.79 Å². The van der Waals surface area contributed by atoms with E-state index in [4.69, 9.17) is 4.74 Å². The molecule has 2 saturated carbocycles. The molecule has 9 heteroatoms. The number of carbonyl (C=O) groups is 1. The molecule has 1 aliphatic heterocycles. The van der Waals surface area contributed by atoms with E-state index in [0.29, 0.717) is 36.4 Å². The average Bonchev–Trinajstić information content (AvgIpc) is 3.58. The minimum absolute atomic E-state index is 0.0138. The number of ether oxygens (including phenoxy) is 1. The maximum atomic E-state index is 13.9. The molecule has 1 spiro atoms. The molecule has 0 bridgehead atoms. The molecule has 188 valence electrons. The quantitative estimate of drug-likeness (QED) is 0.531. The Morgan fingerprint density at radius 1 is 1.03 bits per heavy atom. The van der Waals surface area contributed by atoms with E-state index in [2.05, 4.69) is 0 Å². The van der Waals surface area contributed by atoms with Crippen molar-refractivity contribution in [3.8, 4) is 5.75 Å². The Balaban J connectivity index is 1.59. The number of hydrogen-bond donors (Lipinski definition) is 0. The summed E-state index contributed by atoms with van der Waals surface area (Å²) in [4.78, 5) is 14.5. The number of amides is 1. The van der Waals surface area contributed by atoms with E-state index in [9.17, 15) is 26.4 Å². The van der Waals surface area contributed by atoms with Crippen molar-refractivity contribution in [3.05, 3.63) is 53.6 Å². The summed E-state index contributed by atoms with van der Waals surface area (Å²) < 4.78 is 71.8. The minimum atomic E-state index is -4.54. The van der Waals surface area contributed by atoms with Crippen LogP contribution >= 0.6 is 0 Å². The molecule has 0 aromatic heterocycles. The molecule has 0 N–H and O–H groups in total. The van der Waals surface area contributed by atoms with E-state index in [1.54, 1.807) is 23.1 Å². The molecule has 0 saturated heterocycles. The van der Waals surface area contributed by atoms with Gasteiger partial charge in [0.15, 0.2) is 9.84 Å². The second-order valence-electron chi connectivity index (χ2n) is 10.8. The zero-order valence-corrected chi connectivity index (χ0v) is 20.7. The lowest BCUT2D eigenvalue weighted by atomic mass is 9.67.